The lowest BCUT2D eigenvalue weighted by atomic mass is 9.94. The van der Waals surface area contributed by atoms with E-state index in [1.807, 2.05) is 20.8 Å². The van der Waals surface area contributed by atoms with Crippen molar-refractivity contribution in [3.63, 3.8) is 0 Å². The third kappa shape index (κ3) is 4.07. The van der Waals surface area contributed by atoms with Crippen LogP contribution in [0.25, 0.3) is 0 Å². The molecule has 2 rings (SSSR count). The summed E-state index contributed by atoms with van der Waals surface area (Å²) in [6.07, 6.45) is 1.18. The second-order valence-electron chi connectivity index (χ2n) is 6.90. The van der Waals surface area contributed by atoms with Crippen LogP contribution in [-0.4, -0.2) is 45.1 Å². The van der Waals surface area contributed by atoms with E-state index in [-0.39, 0.29) is 17.3 Å². The molecule has 7 heteroatoms. The Bertz CT molecular complexity index is 524. The highest BCUT2D eigenvalue weighted by atomic mass is 32.1. The van der Waals surface area contributed by atoms with E-state index < -0.39 is 5.60 Å². The molecule has 0 bridgehead atoms. The molecule has 2 heterocycles. The minimum absolute atomic E-state index is 0.0949. The molecule has 0 aliphatic carbocycles. The predicted octanol–water partition coefficient (Wildman–Crippen LogP) is 1.92. The van der Waals surface area contributed by atoms with Gasteiger partial charge in [-0.1, -0.05) is 11.3 Å². The number of nitrogens with one attached hydrogen (secondary N) is 1. The molecule has 0 radical (unpaired) electrons. The van der Waals surface area contributed by atoms with E-state index in [1.54, 1.807) is 11.8 Å². The first-order valence-corrected chi connectivity index (χ1v) is 7.95. The maximum atomic E-state index is 12.5. The number of carbonyl (C=O) groups is 1. The van der Waals surface area contributed by atoms with Gasteiger partial charge >= 0.3 is 0 Å². The Balaban J connectivity index is 2.10. The van der Waals surface area contributed by atoms with E-state index in [0.29, 0.717) is 35.9 Å². The van der Waals surface area contributed by atoms with Crippen LogP contribution >= 0.6 is 11.3 Å². The van der Waals surface area contributed by atoms with Crippen LogP contribution in [0.3, 0.4) is 0 Å². The van der Waals surface area contributed by atoms with Crippen molar-refractivity contribution in [2.75, 3.05) is 24.1 Å². The van der Waals surface area contributed by atoms with Crippen molar-refractivity contribution in [2.24, 2.45) is 0 Å². The Labute approximate surface area is 129 Å². The van der Waals surface area contributed by atoms with Crippen molar-refractivity contribution in [2.45, 2.75) is 51.7 Å². The van der Waals surface area contributed by atoms with E-state index in [0.717, 1.165) is 0 Å². The Morgan fingerprint density at radius 2 is 2.00 bits per heavy atom. The summed E-state index contributed by atoms with van der Waals surface area (Å²) in [7, 11) is 0. The van der Waals surface area contributed by atoms with Crippen LogP contribution in [0.1, 0.15) is 50.2 Å². The number of aliphatic hydroxyl groups is 1. The first-order chi connectivity index (χ1) is 9.57. The minimum Gasteiger partial charge on any atom is -0.390 e. The van der Waals surface area contributed by atoms with Gasteiger partial charge in [-0.2, -0.15) is 0 Å². The summed E-state index contributed by atoms with van der Waals surface area (Å²) in [5, 5.41) is 13.8. The fraction of sp³-hybridized carbons (Fsp3) is 0.714. The molecule has 0 spiro atoms. The van der Waals surface area contributed by atoms with Crippen LogP contribution in [0.4, 0.5) is 10.9 Å². The average Bonchev–Trinajstić information content (AvgIpc) is 2.66. The van der Waals surface area contributed by atoms with Crippen molar-refractivity contribution in [3.8, 4) is 0 Å². The summed E-state index contributed by atoms with van der Waals surface area (Å²) in [6, 6.07) is 0. The van der Waals surface area contributed by atoms with Gasteiger partial charge in [0.1, 0.15) is 10.7 Å². The highest BCUT2D eigenvalue weighted by Gasteiger charge is 2.31. The molecule has 1 aromatic heterocycles. The number of nitrogen functional groups attached to an aromatic ring is 1. The van der Waals surface area contributed by atoms with Crippen LogP contribution in [0.15, 0.2) is 0 Å². The van der Waals surface area contributed by atoms with Gasteiger partial charge in [0.05, 0.1) is 5.60 Å². The Morgan fingerprint density at radius 3 is 2.52 bits per heavy atom. The van der Waals surface area contributed by atoms with Crippen molar-refractivity contribution in [1.29, 1.82) is 0 Å². The summed E-state index contributed by atoms with van der Waals surface area (Å²) in [5.41, 5.74) is 5.08. The highest BCUT2D eigenvalue weighted by molar-refractivity contribution is 7.18. The minimum atomic E-state index is -0.672. The van der Waals surface area contributed by atoms with Gasteiger partial charge in [0.2, 0.25) is 0 Å². The first-order valence-electron chi connectivity index (χ1n) is 7.14. The molecule has 0 saturated carbocycles. The maximum Gasteiger partial charge on any atom is 0.267 e. The topological polar surface area (TPSA) is 91.5 Å². The summed E-state index contributed by atoms with van der Waals surface area (Å²) >= 11 is 1.29. The number of piperidine rings is 1. The number of likely N-dealkylation sites (tertiary alicyclic amines) is 1. The van der Waals surface area contributed by atoms with Crippen molar-refractivity contribution in [1.82, 2.24) is 9.88 Å². The molecule has 1 aliphatic rings. The number of carbonyl (C=O) groups excluding carboxylic acids is 1. The van der Waals surface area contributed by atoms with Gasteiger partial charge in [-0.15, -0.1) is 0 Å². The summed E-state index contributed by atoms with van der Waals surface area (Å²) in [4.78, 5) is 19.0. The van der Waals surface area contributed by atoms with E-state index in [2.05, 4.69) is 10.3 Å². The quantitative estimate of drug-likeness (QED) is 0.776. The third-order valence-electron chi connectivity index (χ3n) is 3.46. The zero-order valence-corrected chi connectivity index (χ0v) is 13.9. The fourth-order valence-electron chi connectivity index (χ4n) is 2.19. The molecule has 6 nitrogen and oxygen atoms in total. The number of amides is 1. The monoisotopic (exact) mass is 312 g/mol. The van der Waals surface area contributed by atoms with Crippen molar-refractivity contribution in [3.05, 3.63) is 4.88 Å². The number of aromatic nitrogens is 1. The number of hydrogen-bond donors (Lipinski definition) is 3. The second-order valence-corrected chi connectivity index (χ2v) is 7.90. The van der Waals surface area contributed by atoms with Gasteiger partial charge in [0, 0.05) is 18.6 Å². The Morgan fingerprint density at radius 1 is 1.43 bits per heavy atom. The molecule has 1 aromatic rings. The number of rotatable bonds is 2. The standard InChI is InChI=1S/C14H24N4O2S/c1-13(2,3)17-12-16-10(15)9(21-12)11(19)18-7-5-14(4,20)6-8-18/h20H,5-8,15H2,1-4H3,(H,16,17). The number of anilines is 2. The molecule has 1 saturated heterocycles. The number of nitrogens with two attached hydrogens (primary N) is 1. The third-order valence-corrected chi connectivity index (χ3v) is 4.43. The zero-order chi connectivity index (χ0) is 15.8. The first kappa shape index (κ1) is 16.0. The second kappa shape index (κ2) is 5.46. The Hall–Kier alpha value is -1.34. The van der Waals surface area contributed by atoms with Gasteiger partial charge in [-0.3, -0.25) is 4.79 Å². The van der Waals surface area contributed by atoms with Gasteiger partial charge in [-0.25, -0.2) is 4.98 Å². The lowest BCUT2D eigenvalue weighted by molar-refractivity contribution is -0.00185. The van der Waals surface area contributed by atoms with Crippen molar-refractivity contribution < 1.29 is 9.90 Å². The molecule has 0 unspecified atom stereocenters. The fourth-order valence-corrected chi connectivity index (χ4v) is 3.26. The molecular weight excluding hydrogens is 288 g/mol. The van der Waals surface area contributed by atoms with E-state index in [9.17, 15) is 9.90 Å². The molecular formula is C14H24N4O2S. The van der Waals surface area contributed by atoms with Crippen LogP contribution in [0.5, 0.6) is 0 Å². The maximum absolute atomic E-state index is 12.5. The summed E-state index contributed by atoms with van der Waals surface area (Å²) in [5.74, 6) is 0.177. The largest absolute Gasteiger partial charge is 0.390 e. The number of thiazole rings is 1. The molecule has 21 heavy (non-hydrogen) atoms. The van der Waals surface area contributed by atoms with Crippen LogP contribution in [0, 0.1) is 0 Å². The molecule has 0 aromatic carbocycles. The van der Waals surface area contributed by atoms with Gasteiger partial charge < -0.3 is 21.1 Å². The van der Waals surface area contributed by atoms with E-state index >= 15 is 0 Å². The molecule has 0 atom stereocenters. The zero-order valence-electron chi connectivity index (χ0n) is 13.1. The molecule has 1 amide bonds. The lowest BCUT2D eigenvalue weighted by Crippen LogP contribution is -2.45. The highest BCUT2D eigenvalue weighted by Crippen LogP contribution is 2.30. The van der Waals surface area contributed by atoms with Crippen LogP contribution in [0.2, 0.25) is 0 Å². The lowest BCUT2D eigenvalue weighted by Gasteiger charge is -2.35. The molecule has 118 valence electrons. The van der Waals surface area contributed by atoms with Gasteiger partial charge in [0.25, 0.3) is 5.91 Å². The average molecular weight is 312 g/mol. The molecule has 1 fully saturated rings. The Kier molecular flexibility index (Phi) is 4.17. The molecule has 1 aliphatic heterocycles. The smallest absolute Gasteiger partial charge is 0.267 e. The van der Waals surface area contributed by atoms with E-state index in [4.69, 9.17) is 5.73 Å². The molecule has 4 N–H and O–H groups in total. The number of nitrogens with zero attached hydrogens (tertiary/aromatic N) is 2. The van der Waals surface area contributed by atoms with E-state index in [1.165, 1.54) is 11.3 Å². The van der Waals surface area contributed by atoms with Gasteiger partial charge in [-0.05, 0) is 40.5 Å². The number of hydrogen-bond acceptors (Lipinski definition) is 6. The summed E-state index contributed by atoms with van der Waals surface area (Å²) < 4.78 is 0. The van der Waals surface area contributed by atoms with Crippen LogP contribution < -0.4 is 11.1 Å². The predicted molar refractivity (Wildman–Crippen MR) is 85.7 cm³/mol. The van der Waals surface area contributed by atoms with Gasteiger partial charge in [0.15, 0.2) is 5.13 Å². The normalized spacial score (nSPS) is 18.6. The SMILES string of the molecule is CC1(O)CCN(C(=O)c2sc(NC(C)(C)C)nc2N)CC1. The summed E-state index contributed by atoms with van der Waals surface area (Å²) in [6.45, 7) is 8.98. The van der Waals surface area contributed by atoms with Crippen molar-refractivity contribution >= 4 is 28.2 Å². The van der Waals surface area contributed by atoms with Crippen LogP contribution in [-0.2, 0) is 0 Å².